The van der Waals surface area contributed by atoms with Crippen LogP contribution < -0.4 is 4.74 Å². The number of rotatable bonds is 6. The standard InChI is InChI=1S/C20H18F2N2O2/c1-12-7-16-15(8-14(12)19(16)26-20(21)22)17-9-18(24-11-23-17)25-10-13-5-3-2-4-6-13/h2-9,11,14,16,19-20H,10H2,1H3/t14-,16+,19?/m1/s1. The van der Waals surface area contributed by atoms with Crippen LogP contribution in [0.2, 0.25) is 0 Å². The van der Waals surface area contributed by atoms with Crippen molar-refractivity contribution in [1.82, 2.24) is 9.97 Å². The minimum absolute atomic E-state index is 0.132. The Morgan fingerprint density at radius 1 is 1.08 bits per heavy atom. The highest BCUT2D eigenvalue weighted by molar-refractivity contribution is 5.73. The first kappa shape index (κ1) is 16.8. The van der Waals surface area contributed by atoms with E-state index in [4.69, 9.17) is 9.47 Å². The fourth-order valence-electron chi connectivity index (χ4n) is 3.62. The van der Waals surface area contributed by atoms with E-state index in [0.717, 1.165) is 16.7 Å². The maximum Gasteiger partial charge on any atom is 0.345 e. The normalized spacial score (nSPS) is 23.9. The van der Waals surface area contributed by atoms with Crippen LogP contribution in [0.1, 0.15) is 18.2 Å². The Kier molecular flexibility index (Phi) is 4.51. The Morgan fingerprint density at radius 2 is 1.88 bits per heavy atom. The molecule has 0 aliphatic heterocycles. The lowest BCUT2D eigenvalue weighted by molar-refractivity contribution is -0.169. The molecule has 1 aromatic heterocycles. The topological polar surface area (TPSA) is 44.2 Å². The van der Waals surface area contributed by atoms with Gasteiger partial charge in [-0.15, -0.1) is 0 Å². The van der Waals surface area contributed by atoms with Crippen molar-refractivity contribution in [2.45, 2.75) is 26.2 Å². The van der Waals surface area contributed by atoms with Crippen molar-refractivity contribution in [2.24, 2.45) is 11.8 Å². The van der Waals surface area contributed by atoms with E-state index in [0.29, 0.717) is 18.2 Å². The van der Waals surface area contributed by atoms with Crippen LogP contribution in [0.4, 0.5) is 8.78 Å². The first-order valence-corrected chi connectivity index (χ1v) is 8.44. The Balaban J connectivity index is 1.50. The van der Waals surface area contributed by atoms with Crippen molar-refractivity contribution in [1.29, 1.82) is 0 Å². The first-order valence-electron chi connectivity index (χ1n) is 8.44. The van der Waals surface area contributed by atoms with Gasteiger partial charge in [-0.3, -0.25) is 0 Å². The van der Waals surface area contributed by atoms with E-state index in [2.05, 4.69) is 9.97 Å². The van der Waals surface area contributed by atoms with Gasteiger partial charge in [0.05, 0.1) is 11.8 Å². The monoisotopic (exact) mass is 356 g/mol. The largest absolute Gasteiger partial charge is 0.473 e. The Morgan fingerprint density at radius 3 is 2.65 bits per heavy atom. The Hall–Kier alpha value is -2.60. The molecule has 1 aromatic carbocycles. The van der Waals surface area contributed by atoms with Crippen molar-refractivity contribution in [3.8, 4) is 5.88 Å². The highest BCUT2D eigenvalue weighted by Crippen LogP contribution is 2.48. The number of hydrogen-bond acceptors (Lipinski definition) is 4. The van der Waals surface area contributed by atoms with Crippen molar-refractivity contribution in [2.75, 3.05) is 0 Å². The third kappa shape index (κ3) is 3.24. The van der Waals surface area contributed by atoms with Gasteiger partial charge >= 0.3 is 6.61 Å². The summed E-state index contributed by atoms with van der Waals surface area (Å²) >= 11 is 0. The molecule has 0 spiro atoms. The van der Waals surface area contributed by atoms with Gasteiger partial charge in [0, 0.05) is 17.9 Å². The minimum atomic E-state index is -2.78. The zero-order valence-electron chi connectivity index (χ0n) is 14.2. The van der Waals surface area contributed by atoms with E-state index in [9.17, 15) is 8.78 Å². The van der Waals surface area contributed by atoms with Gasteiger partial charge in [-0.1, -0.05) is 48.1 Å². The summed E-state index contributed by atoms with van der Waals surface area (Å²) in [7, 11) is 0. The Labute approximate surface area is 150 Å². The molecule has 2 aliphatic rings. The summed E-state index contributed by atoms with van der Waals surface area (Å²) in [5, 5.41) is 0. The van der Waals surface area contributed by atoms with Gasteiger partial charge in [0.1, 0.15) is 12.9 Å². The van der Waals surface area contributed by atoms with Crippen LogP contribution >= 0.6 is 0 Å². The third-order valence-electron chi connectivity index (χ3n) is 4.82. The molecule has 2 aromatic rings. The molecule has 26 heavy (non-hydrogen) atoms. The number of halogens is 2. The third-order valence-corrected chi connectivity index (χ3v) is 4.82. The summed E-state index contributed by atoms with van der Waals surface area (Å²) in [5.74, 6) is 0.105. The van der Waals surface area contributed by atoms with E-state index in [1.807, 2.05) is 49.4 Å². The second-order valence-corrected chi connectivity index (χ2v) is 6.46. The summed E-state index contributed by atoms with van der Waals surface area (Å²) < 4.78 is 36.0. The van der Waals surface area contributed by atoms with Crippen LogP contribution in [0.15, 0.2) is 60.5 Å². The van der Waals surface area contributed by atoms with Gasteiger partial charge in [-0.05, 0) is 18.1 Å². The van der Waals surface area contributed by atoms with Crippen molar-refractivity contribution in [3.63, 3.8) is 0 Å². The fourth-order valence-corrected chi connectivity index (χ4v) is 3.62. The quantitative estimate of drug-likeness (QED) is 0.726. The zero-order chi connectivity index (χ0) is 18.1. The molecule has 134 valence electrons. The number of benzene rings is 1. The number of alkyl halides is 2. The average molecular weight is 356 g/mol. The zero-order valence-corrected chi connectivity index (χ0v) is 14.2. The van der Waals surface area contributed by atoms with Gasteiger partial charge in [0.2, 0.25) is 5.88 Å². The van der Waals surface area contributed by atoms with Crippen LogP contribution in [0.5, 0.6) is 5.88 Å². The Bertz CT molecular complexity index is 852. The van der Waals surface area contributed by atoms with E-state index >= 15 is 0 Å². The van der Waals surface area contributed by atoms with E-state index < -0.39 is 12.7 Å². The number of ether oxygens (including phenoxy) is 2. The van der Waals surface area contributed by atoms with Gasteiger partial charge in [0.25, 0.3) is 0 Å². The minimum Gasteiger partial charge on any atom is -0.473 e. The van der Waals surface area contributed by atoms with Crippen molar-refractivity contribution in [3.05, 3.63) is 71.7 Å². The lowest BCUT2D eigenvalue weighted by atomic mass is 9.97. The maximum absolute atomic E-state index is 12.7. The lowest BCUT2D eigenvalue weighted by Crippen LogP contribution is -2.24. The molecule has 4 nitrogen and oxygen atoms in total. The molecule has 0 amide bonds. The van der Waals surface area contributed by atoms with E-state index in [1.54, 1.807) is 6.07 Å². The number of nitrogens with zero attached hydrogens (tertiary/aromatic N) is 2. The molecule has 0 saturated heterocycles. The number of aromatic nitrogens is 2. The molecule has 2 aliphatic carbocycles. The molecule has 0 fully saturated rings. The molecule has 0 N–H and O–H groups in total. The van der Waals surface area contributed by atoms with E-state index in [-0.39, 0.29) is 11.8 Å². The van der Waals surface area contributed by atoms with Crippen molar-refractivity contribution < 1.29 is 18.3 Å². The smallest absolute Gasteiger partial charge is 0.345 e. The molecule has 2 bridgehead atoms. The highest BCUT2D eigenvalue weighted by Gasteiger charge is 2.44. The molecule has 0 saturated carbocycles. The second kappa shape index (κ2) is 6.96. The first-order chi connectivity index (χ1) is 12.6. The van der Waals surface area contributed by atoms with Crippen LogP contribution in [-0.4, -0.2) is 22.7 Å². The summed E-state index contributed by atoms with van der Waals surface area (Å²) in [5.41, 5.74) is 3.66. The van der Waals surface area contributed by atoms with Crippen LogP contribution in [0.3, 0.4) is 0 Å². The van der Waals surface area contributed by atoms with Crippen molar-refractivity contribution >= 4 is 5.57 Å². The van der Waals surface area contributed by atoms with E-state index in [1.165, 1.54) is 6.33 Å². The highest BCUT2D eigenvalue weighted by atomic mass is 19.3. The maximum atomic E-state index is 12.7. The molecule has 3 atom stereocenters. The fraction of sp³-hybridized carbons (Fsp3) is 0.300. The molecule has 4 rings (SSSR count). The SMILES string of the molecule is CC1=C[C@H]2C(c3cc(OCc4ccccc4)ncn3)=C[C@H]1C2OC(F)F. The molecule has 0 radical (unpaired) electrons. The van der Waals surface area contributed by atoms with Gasteiger partial charge in [-0.2, -0.15) is 8.78 Å². The van der Waals surface area contributed by atoms with Gasteiger partial charge < -0.3 is 9.47 Å². The predicted octanol–water partition coefficient (Wildman–Crippen LogP) is 4.25. The lowest BCUT2D eigenvalue weighted by Gasteiger charge is -2.18. The summed E-state index contributed by atoms with van der Waals surface area (Å²) in [6, 6.07) is 11.5. The predicted molar refractivity (Wildman–Crippen MR) is 92.4 cm³/mol. The molecular weight excluding hydrogens is 338 g/mol. The molecule has 1 heterocycles. The average Bonchev–Trinajstić information content (AvgIpc) is 3.13. The van der Waals surface area contributed by atoms with Crippen LogP contribution in [0.25, 0.3) is 5.57 Å². The van der Waals surface area contributed by atoms with Crippen LogP contribution in [-0.2, 0) is 11.3 Å². The van der Waals surface area contributed by atoms with Crippen LogP contribution in [0, 0.1) is 11.8 Å². The van der Waals surface area contributed by atoms with Gasteiger partial charge in [0.15, 0.2) is 0 Å². The molecular formula is C20H18F2N2O2. The molecule has 6 heteroatoms. The second-order valence-electron chi connectivity index (χ2n) is 6.46. The van der Waals surface area contributed by atoms with Gasteiger partial charge in [-0.25, -0.2) is 9.97 Å². The number of fused-ring (bicyclic) bond motifs is 2. The summed E-state index contributed by atoms with van der Waals surface area (Å²) in [4.78, 5) is 8.45. The molecule has 1 unspecified atom stereocenters. The summed E-state index contributed by atoms with van der Waals surface area (Å²) in [6.45, 7) is -0.445. The summed E-state index contributed by atoms with van der Waals surface area (Å²) in [6.07, 6.45) is 4.83. The number of hydrogen-bond donors (Lipinski definition) is 0.